The van der Waals surface area contributed by atoms with Gasteiger partial charge in [-0.25, -0.2) is 0 Å². The summed E-state index contributed by atoms with van der Waals surface area (Å²) in [6.07, 6.45) is 2.01. The Balaban J connectivity index is 2.43. The lowest BCUT2D eigenvalue weighted by atomic mass is 10.1. The minimum Gasteiger partial charge on any atom is -0.508 e. The first-order valence-corrected chi connectivity index (χ1v) is 5.18. The van der Waals surface area contributed by atoms with Crippen LogP contribution in [0.4, 0.5) is 0 Å². The number of phenolic OH excluding ortho intramolecular Hbond substituents is 1. The van der Waals surface area contributed by atoms with Crippen molar-refractivity contribution in [1.29, 1.82) is 0 Å². The molecule has 0 saturated carbocycles. The molecule has 0 radical (unpaired) electrons. The van der Waals surface area contributed by atoms with Crippen molar-refractivity contribution >= 4 is 15.9 Å². The molecule has 0 saturated heterocycles. The number of benzene rings is 1. The van der Waals surface area contributed by atoms with E-state index in [0.29, 0.717) is 5.75 Å². The number of hydrogen-bond acceptors (Lipinski definition) is 2. The van der Waals surface area contributed by atoms with Crippen LogP contribution in [0.25, 0.3) is 0 Å². The van der Waals surface area contributed by atoms with Gasteiger partial charge in [-0.2, -0.15) is 0 Å². The molecule has 70 valence electrons. The van der Waals surface area contributed by atoms with Crippen molar-refractivity contribution in [2.75, 3.05) is 0 Å². The maximum atomic E-state index is 9.57. The van der Waals surface area contributed by atoms with Crippen molar-refractivity contribution in [2.24, 2.45) is 0 Å². The molecule has 1 atom stereocenters. The van der Waals surface area contributed by atoms with E-state index in [1.165, 1.54) is 0 Å². The average Bonchev–Trinajstić information content (AvgIpc) is 2.56. The Kier molecular flexibility index (Phi) is 2.20. The molecule has 1 aliphatic heterocycles. The summed E-state index contributed by atoms with van der Waals surface area (Å²) in [6, 6.07) is 3.51. The van der Waals surface area contributed by atoms with Crippen molar-refractivity contribution in [3.05, 3.63) is 22.2 Å². The zero-order valence-corrected chi connectivity index (χ0v) is 8.97. The first-order chi connectivity index (χ1) is 6.22. The van der Waals surface area contributed by atoms with Crippen LogP contribution in [0.15, 0.2) is 16.6 Å². The van der Waals surface area contributed by atoms with Gasteiger partial charge in [0.25, 0.3) is 0 Å². The van der Waals surface area contributed by atoms with Crippen molar-refractivity contribution in [2.45, 2.75) is 25.9 Å². The van der Waals surface area contributed by atoms with E-state index in [9.17, 15) is 5.11 Å². The van der Waals surface area contributed by atoms with Gasteiger partial charge in [0, 0.05) is 12.0 Å². The molecule has 0 amide bonds. The highest BCUT2D eigenvalue weighted by atomic mass is 79.9. The lowest BCUT2D eigenvalue weighted by Crippen LogP contribution is -2.10. The lowest BCUT2D eigenvalue weighted by molar-refractivity contribution is 0.227. The molecule has 1 unspecified atom stereocenters. The van der Waals surface area contributed by atoms with Gasteiger partial charge in [-0.3, -0.25) is 0 Å². The standard InChI is InChI=1S/C10H11BrO2/c1-2-6-5-7-9(12)4-3-8(11)10(7)13-6/h3-4,6,12H,2,5H2,1H3. The number of aromatic hydroxyl groups is 1. The van der Waals surface area contributed by atoms with Crippen LogP contribution in [0, 0.1) is 0 Å². The third-order valence-electron chi connectivity index (χ3n) is 2.36. The van der Waals surface area contributed by atoms with Gasteiger partial charge in [-0.15, -0.1) is 0 Å². The quantitative estimate of drug-likeness (QED) is 0.821. The Morgan fingerprint density at radius 1 is 1.62 bits per heavy atom. The maximum Gasteiger partial charge on any atom is 0.140 e. The second-order valence-electron chi connectivity index (χ2n) is 3.23. The Bertz CT molecular complexity index is 305. The Morgan fingerprint density at radius 2 is 2.38 bits per heavy atom. The molecule has 13 heavy (non-hydrogen) atoms. The van der Waals surface area contributed by atoms with Gasteiger partial charge in [0.2, 0.25) is 0 Å². The van der Waals surface area contributed by atoms with Crippen molar-refractivity contribution < 1.29 is 9.84 Å². The molecule has 1 N–H and O–H groups in total. The second kappa shape index (κ2) is 3.22. The molecule has 0 aliphatic carbocycles. The number of fused-ring (bicyclic) bond motifs is 1. The van der Waals surface area contributed by atoms with Gasteiger partial charge >= 0.3 is 0 Å². The van der Waals surface area contributed by atoms with Crippen LogP contribution in [-0.4, -0.2) is 11.2 Å². The minimum absolute atomic E-state index is 0.222. The maximum absolute atomic E-state index is 9.57. The van der Waals surface area contributed by atoms with Crippen LogP contribution in [0.5, 0.6) is 11.5 Å². The smallest absolute Gasteiger partial charge is 0.140 e. The highest BCUT2D eigenvalue weighted by Crippen LogP contribution is 2.41. The van der Waals surface area contributed by atoms with Gasteiger partial charge in [-0.1, -0.05) is 6.92 Å². The molecular formula is C10H11BrO2. The summed E-state index contributed by atoms with van der Waals surface area (Å²) in [4.78, 5) is 0. The average molecular weight is 243 g/mol. The summed E-state index contributed by atoms with van der Waals surface area (Å²) in [5, 5.41) is 9.57. The number of halogens is 1. The predicted octanol–water partition coefficient (Wildman–Crippen LogP) is 2.87. The van der Waals surface area contributed by atoms with Crippen LogP contribution in [0.3, 0.4) is 0 Å². The summed E-state index contributed by atoms with van der Waals surface area (Å²) in [5.41, 5.74) is 0.932. The third-order valence-corrected chi connectivity index (χ3v) is 2.98. The summed E-state index contributed by atoms with van der Waals surface area (Å²) in [6.45, 7) is 2.08. The second-order valence-corrected chi connectivity index (χ2v) is 4.08. The number of ether oxygens (including phenoxy) is 1. The van der Waals surface area contributed by atoms with E-state index in [0.717, 1.165) is 28.6 Å². The molecule has 0 bridgehead atoms. The molecule has 1 aromatic carbocycles. The van der Waals surface area contributed by atoms with Gasteiger partial charge in [0.05, 0.1) is 4.47 Å². The molecule has 2 nitrogen and oxygen atoms in total. The van der Waals surface area contributed by atoms with Crippen LogP contribution in [-0.2, 0) is 6.42 Å². The van der Waals surface area contributed by atoms with Gasteiger partial charge < -0.3 is 9.84 Å². The Hall–Kier alpha value is -0.700. The van der Waals surface area contributed by atoms with E-state index in [2.05, 4.69) is 22.9 Å². The molecule has 3 heteroatoms. The zero-order valence-electron chi connectivity index (χ0n) is 7.38. The van der Waals surface area contributed by atoms with Gasteiger partial charge in [0.15, 0.2) is 0 Å². The van der Waals surface area contributed by atoms with Crippen LogP contribution < -0.4 is 4.74 Å². The molecule has 1 heterocycles. The van der Waals surface area contributed by atoms with E-state index in [1.807, 2.05) is 6.07 Å². The minimum atomic E-state index is 0.222. The molecule has 0 spiro atoms. The van der Waals surface area contributed by atoms with E-state index >= 15 is 0 Å². The molecule has 1 aliphatic rings. The van der Waals surface area contributed by atoms with Crippen molar-refractivity contribution in [3.8, 4) is 11.5 Å². The fourth-order valence-electron chi connectivity index (χ4n) is 1.58. The fourth-order valence-corrected chi connectivity index (χ4v) is 2.04. The van der Waals surface area contributed by atoms with Crippen LogP contribution >= 0.6 is 15.9 Å². The highest BCUT2D eigenvalue weighted by molar-refractivity contribution is 9.10. The number of hydrogen-bond donors (Lipinski definition) is 1. The first kappa shape index (κ1) is 8.88. The highest BCUT2D eigenvalue weighted by Gasteiger charge is 2.26. The molecule has 0 fully saturated rings. The SMILES string of the molecule is CCC1Cc2c(O)ccc(Br)c2O1. The third kappa shape index (κ3) is 1.41. The van der Waals surface area contributed by atoms with Crippen molar-refractivity contribution in [1.82, 2.24) is 0 Å². The first-order valence-electron chi connectivity index (χ1n) is 4.39. The predicted molar refractivity (Wildman–Crippen MR) is 54.2 cm³/mol. The summed E-state index contributed by atoms with van der Waals surface area (Å²) < 4.78 is 6.59. The Labute approximate surface area is 85.7 Å². The topological polar surface area (TPSA) is 29.5 Å². The summed E-state index contributed by atoms with van der Waals surface area (Å²) >= 11 is 3.40. The fraction of sp³-hybridized carbons (Fsp3) is 0.400. The van der Waals surface area contributed by atoms with E-state index in [4.69, 9.17) is 4.74 Å². The van der Waals surface area contributed by atoms with E-state index in [1.54, 1.807) is 6.07 Å². The molecule has 0 aromatic heterocycles. The summed E-state index contributed by atoms with van der Waals surface area (Å²) in [5.74, 6) is 1.15. The van der Waals surface area contributed by atoms with Crippen LogP contribution in [0.2, 0.25) is 0 Å². The largest absolute Gasteiger partial charge is 0.508 e. The zero-order chi connectivity index (χ0) is 9.42. The monoisotopic (exact) mass is 242 g/mol. The van der Waals surface area contributed by atoms with Crippen LogP contribution in [0.1, 0.15) is 18.9 Å². The van der Waals surface area contributed by atoms with Gasteiger partial charge in [0.1, 0.15) is 17.6 Å². The molecule has 1 aromatic rings. The number of phenols is 1. The molecular weight excluding hydrogens is 232 g/mol. The lowest BCUT2D eigenvalue weighted by Gasteiger charge is -2.07. The van der Waals surface area contributed by atoms with E-state index < -0.39 is 0 Å². The van der Waals surface area contributed by atoms with Crippen molar-refractivity contribution in [3.63, 3.8) is 0 Å². The number of rotatable bonds is 1. The summed E-state index contributed by atoms with van der Waals surface area (Å²) in [7, 11) is 0. The van der Waals surface area contributed by atoms with Gasteiger partial charge in [-0.05, 0) is 34.5 Å². The normalized spacial score (nSPS) is 19.7. The van der Waals surface area contributed by atoms with E-state index in [-0.39, 0.29) is 6.10 Å². The molecule has 2 rings (SSSR count). The Morgan fingerprint density at radius 3 is 3.00 bits per heavy atom.